The second-order valence-corrected chi connectivity index (χ2v) is 4.13. The summed E-state index contributed by atoms with van der Waals surface area (Å²) in [5.41, 5.74) is 6.80. The van der Waals surface area contributed by atoms with E-state index in [0.29, 0.717) is 0 Å². The van der Waals surface area contributed by atoms with Gasteiger partial charge in [0.15, 0.2) is 5.96 Å². The van der Waals surface area contributed by atoms with Crippen molar-refractivity contribution in [3.8, 4) is 0 Å². The van der Waals surface area contributed by atoms with Crippen LogP contribution in [0.2, 0.25) is 0 Å². The van der Waals surface area contributed by atoms with Crippen LogP contribution in [0.3, 0.4) is 0 Å². The molecule has 0 bridgehead atoms. The minimum Gasteiger partial charge on any atom is -0.370 e. The summed E-state index contributed by atoms with van der Waals surface area (Å²) < 4.78 is 0. The highest BCUT2D eigenvalue weighted by Crippen LogP contribution is 2.07. The van der Waals surface area contributed by atoms with Gasteiger partial charge in [-0.2, -0.15) is 0 Å². The number of piperazine rings is 1. The first-order valence-corrected chi connectivity index (χ1v) is 5.61. The van der Waals surface area contributed by atoms with Crippen LogP contribution in [0.1, 0.15) is 5.56 Å². The fourth-order valence-electron chi connectivity index (χ4n) is 1.99. The molecule has 0 radical (unpaired) electrons. The topological polar surface area (TPSA) is 56.4 Å². The molecule has 4 nitrogen and oxygen atoms in total. The van der Waals surface area contributed by atoms with Gasteiger partial charge in [-0.1, -0.05) is 30.3 Å². The predicted molar refractivity (Wildman–Crippen MR) is 72.5 cm³/mol. The molecule has 1 aromatic rings. The summed E-state index contributed by atoms with van der Waals surface area (Å²) in [6.45, 7) is 4.68. The van der Waals surface area contributed by atoms with Gasteiger partial charge in [0, 0.05) is 32.7 Å². The van der Waals surface area contributed by atoms with Gasteiger partial charge < -0.3 is 10.6 Å². The Balaban J connectivity index is 0.00000144. The van der Waals surface area contributed by atoms with E-state index in [0.717, 1.165) is 32.7 Å². The van der Waals surface area contributed by atoms with Gasteiger partial charge in [0.25, 0.3) is 0 Å². The summed E-state index contributed by atoms with van der Waals surface area (Å²) in [6, 6.07) is 10.5. The lowest BCUT2D eigenvalue weighted by Gasteiger charge is -2.34. The average Bonchev–Trinajstić information content (AvgIpc) is 2.31. The van der Waals surface area contributed by atoms with Crippen molar-refractivity contribution >= 4 is 18.4 Å². The van der Waals surface area contributed by atoms with Crippen molar-refractivity contribution in [1.29, 1.82) is 5.41 Å². The maximum Gasteiger partial charge on any atom is 0.188 e. The molecule has 3 N–H and O–H groups in total. The van der Waals surface area contributed by atoms with Crippen LogP contribution >= 0.6 is 12.4 Å². The van der Waals surface area contributed by atoms with Crippen LogP contribution in [-0.4, -0.2) is 41.9 Å². The number of rotatable bonds is 2. The summed E-state index contributed by atoms with van der Waals surface area (Å²) in [6.07, 6.45) is 0. The van der Waals surface area contributed by atoms with Gasteiger partial charge in [-0.3, -0.25) is 10.3 Å². The molecule has 94 valence electrons. The predicted octanol–water partition coefficient (Wildman–Crippen LogP) is 1.12. The highest BCUT2D eigenvalue weighted by atomic mass is 35.5. The molecule has 0 spiro atoms. The Bertz CT molecular complexity index is 347. The van der Waals surface area contributed by atoms with E-state index >= 15 is 0 Å². The molecule has 0 atom stereocenters. The molecule has 1 aliphatic rings. The van der Waals surface area contributed by atoms with Crippen LogP contribution in [0.25, 0.3) is 0 Å². The molecule has 5 heteroatoms. The van der Waals surface area contributed by atoms with Crippen molar-refractivity contribution in [3.05, 3.63) is 35.9 Å². The molecule has 0 aromatic heterocycles. The number of nitrogens with zero attached hydrogens (tertiary/aromatic N) is 2. The Hall–Kier alpha value is -1.26. The maximum absolute atomic E-state index is 7.36. The summed E-state index contributed by atoms with van der Waals surface area (Å²) >= 11 is 0. The van der Waals surface area contributed by atoms with Crippen LogP contribution in [0.5, 0.6) is 0 Å². The van der Waals surface area contributed by atoms with Gasteiger partial charge >= 0.3 is 0 Å². The molecule has 0 unspecified atom stereocenters. The van der Waals surface area contributed by atoms with Gasteiger partial charge in [-0.15, -0.1) is 12.4 Å². The summed E-state index contributed by atoms with van der Waals surface area (Å²) in [5.74, 6) is 0.194. The molecule has 17 heavy (non-hydrogen) atoms. The zero-order chi connectivity index (χ0) is 11.4. The Morgan fingerprint density at radius 2 is 1.71 bits per heavy atom. The largest absolute Gasteiger partial charge is 0.370 e. The first-order valence-electron chi connectivity index (χ1n) is 5.61. The number of benzene rings is 1. The Labute approximate surface area is 108 Å². The smallest absolute Gasteiger partial charge is 0.188 e. The third kappa shape index (κ3) is 3.91. The van der Waals surface area contributed by atoms with Crippen molar-refractivity contribution < 1.29 is 0 Å². The minimum atomic E-state index is 0. The summed E-state index contributed by atoms with van der Waals surface area (Å²) in [4.78, 5) is 4.32. The quantitative estimate of drug-likeness (QED) is 0.614. The van der Waals surface area contributed by atoms with Crippen LogP contribution < -0.4 is 5.73 Å². The van der Waals surface area contributed by atoms with E-state index in [1.165, 1.54) is 5.56 Å². The van der Waals surface area contributed by atoms with Crippen LogP contribution in [0.4, 0.5) is 0 Å². The standard InChI is InChI=1S/C12H18N4.ClH/c13-12(14)16-8-6-15(7-9-16)10-11-4-2-1-3-5-11;/h1-5H,6-10H2,(H3,13,14);1H. The fourth-order valence-corrected chi connectivity index (χ4v) is 1.99. The lowest BCUT2D eigenvalue weighted by Crippen LogP contribution is -2.50. The Morgan fingerprint density at radius 1 is 1.12 bits per heavy atom. The second kappa shape index (κ2) is 6.47. The summed E-state index contributed by atoms with van der Waals surface area (Å²) in [5, 5.41) is 7.36. The van der Waals surface area contributed by atoms with Crippen molar-refractivity contribution in [2.75, 3.05) is 26.2 Å². The highest BCUT2D eigenvalue weighted by molar-refractivity contribution is 5.85. The molecule has 1 saturated heterocycles. The van der Waals surface area contributed by atoms with Crippen molar-refractivity contribution in [3.63, 3.8) is 0 Å². The fraction of sp³-hybridized carbons (Fsp3) is 0.417. The molecule has 0 saturated carbocycles. The van der Waals surface area contributed by atoms with E-state index in [2.05, 4.69) is 29.2 Å². The van der Waals surface area contributed by atoms with Crippen LogP contribution in [0, 0.1) is 5.41 Å². The van der Waals surface area contributed by atoms with Crippen LogP contribution in [-0.2, 0) is 6.54 Å². The Kier molecular flexibility index (Phi) is 5.25. The molecule has 1 heterocycles. The molecule has 1 aromatic carbocycles. The van der Waals surface area contributed by atoms with Gasteiger partial charge in [-0.05, 0) is 5.56 Å². The molecular weight excluding hydrogens is 236 g/mol. The molecule has 1 fully saturated rings. The first-order chi connectivity index (χ1) is 7.75. The third-order valence-electron chi connectivity index (χ3n) is 2.96. The van der Waals surface area contributed by atoms with Crippen molar-refractivity contribution in [2.45, 2.75) is 6.54 Å². The van der Waals surface area contributed by atoms with E-state index < -0.39 is 0 Å². The first kappa shape index (κ1) is 13.8. The Morgan fingerprint density at radius 3 is 2.24 bits per heavy atom. The lowest BCUT2D eigenvalue weighted by molar-refractivity contribution is 0.174. The highest BCUT2D eigenvalue weighted by Gasteiger charge is 2.17. The number of nitrogens with one attached hydrogen (secondary N) is 1. The molecular formula is C12H19ClN4. The maximum atomic E-state index is 7.36. The van der Waals surface area contributed by atoms with Gasteiger partial charge in [0.05, 0.1) is 0 Å². The summed E-state index contributed by atoms with van der Waals surface area (Å²) in [7, 11) is 0. The van der Waals surface area contributed by atoms with E-state index in [1.54, 1.807) is 0 Å². The van der Waals surface area contributed by atoms with Crippen molar-refractivity contribution in [1.82, 2.24) is 9.80 Å². The van der Waals surface area contributed by atoms with Gasteiger partial charge in [0.1, 0.15) is 0 Å². The third-order valence-corrected chi connectivity index (χ3v) is 2.96. The lowest BCUT2D eigenvalue weighted by atomic mass is 10.2. The van der Waals surface area contributed by atoms with E-state index in [4.69, 9.17) is 11.1 Å². The van der Waals surface area contributed by atoms with E-state index in [-0.39, 0.29) is 18.4 Å². The zero-order valence-corrected chi connectivity index (χ0v) is 10.6. The number of guanidine groups is 1. The SMILES string of the molecule is Cl.N=C(N)N1CCN(Cc2ccccc2)CC1. The molecule has 1 aliphatic heterocycles. The minimum absolute atomic E-state index is 0. The second-order valence-electron chi connectivity index (χ2n) is 4.13. The number of hydrogen-bond donors (Lipinski definition) is 2. The van der Waals surface area contributed by atoms with E-state index in [9.17, 15) is 0 Å². The molecule has 2 rings (SSSR count). The van der Waals surface area contributed by atoms with Gasteiger partial charge in [0.2, 0.25) is 0 Å². The average molecular weight is 255 g/mol. The van der Waals surface area contributed by atoms with Crippen molar-refractivity contribution in [2.24, 2.45) is 5.73 Å². The number of nitrogens with two attached hydrogens (primary N) is 1. The zero-order valence-electron chi connectivity index (χ0n) is 9.80. The molecule has 0 aliphatic carbocycles. The van der Waals surface area contributed by atoms with Crippen LogP contribution in [0.15, 0.2) is 30.3 Å². The number of halogens is 1. The molecule has 0 amide bonds. The monoisotopic (exact) mass is 254 g/mol. The van der Waals surface area contributed by atoms with Gasteiger partial charge in [-0.25, -0.2) is 0 Å². The normalized spacial score (nSPS) is 16.4. The number of hydrogen-bond acceptors (Lipinski definition) is 2. The van der Waals surface area contributed by atoms with E-state index in [1.807, 2.05) is 11.0 Å².